The number of rotatable bonds is 2. The number of nitrogens with zero attached hydrogens (tertiary/aromatic N) is 8. The molecule has 0 aromatic carbocycles. The summed E-state index contributed by atoms with van der Waals surface area (Å²) in [7, 11) is 2.00. The SMILES string of the molecule is CO.CO.O=[N+]([O-])[O-].O=[N+]([O-])[O-].[Cu+2].[O-]C1=NCCCNCCNCCCN=C1[O-].[Ru+2].c1ccc(-c2ccccn2)nc1.c1ccc(-c2ccccn2)nc1. The van der Waals surface area contributed by atoms with Crippen molar-refractivity contribution in [1.82, 2.24) is 30.6 Å². The maximum absolute atomic E-state index is 11.1. The predicted molar refractivity (Wildman–Crippen MR) is 192 cm³/mol. The van der Waals surface area contributed by atoms with Crippen LogP contribution >= 0.6 is 0 Å². The average molecular weight is 891 g/mol. The summed E-state index contributed by atoms with van der Waals surface area (Å²) in [6.07, 6.45) is 8.60. The van der Waals surface area contributed by atoms with Crippen LogP contribution in [-0.2, 0) is 36.5 Å². The zero-order valence-corrected chi connectivity index (χ0v) is 32.0. The maximum atomic E-state index is 11.1. The van der Waals surface area contributed by atoms with Gasteiger partial charge in [0.05, 0.1) is 32.9 Å². The van der Waals surface area contributed by atoms with Crippen molar-refractivity contribution in [2.45, 2.75) is 12.8 Å². The van der Waals surface area contributed by atoms with E-state index in [9.17, 15) is 10.2 Å². The van der Waals surface area contributed by atoms with Crippen molar-refractivity contribution >= 4 is 11.8 Å². The van der Waals surface area contributed by atoms with E-state index in [0.717, 1.165) is 76.0 Å². The van der Waals surface area contributed by atoms with Crippen LogP contribution in [0.5, 0.6) is 0 Å². The van der Waals surface area contributed by atoms with E-state index in [4.69, 9.17) is 40.9 Å². The van der Waals surface area contributed by atoms with Gasteiger partial charge in [0, 0.05) is 65.2 Å². The van der Waals surface area contributed by atoms with Crippen LogP contribution < -0.4 is 20.8 Å². The zero-order chi connectivity index (χ0) is 39.2. The summed E-state index contributed by atoms with van der Waals surface area (Å²) in [5, 5.41) is 72.2. The van der Waals surface area contributed by atoms with E-state index in [-0.39, 0.29) is 36.5 Å². The largest absolute Gasteiger partial charge is 2.00 e. The third-order valence-electron chi connectivity index (χ3n) is 5.38. The molecule has 0 spiro atoms. The molecule has 4 N–H and O–H groups in total. The summed E-state index contributed by atoms with van der Waals surface area (Å²) < 4.78 is 0. The second kappa shape index (κ2) is 40.7. The van der Waals surface area contributed by atoms with Gasteiger partial charge in [0.25, 0.3) is 0 Å². The van der Waals surface area contributed by atoms with Crippen molar-refractivity contribution < 1.29 is 67.1 Å². The molecule has 0 bridgehead atoms. The average Bonchev–Trinajstić information content (AvgIpc) is 3.18. The van der Waals surface area contributed by atoms with Crippen LogP contribution in [-0.4, -0.2) is 106 Å². The van der Waals surface area contributed by atoms with Gasteiger partial charge in [-0.05, 0) is 86.3 Å². The van der Waals surface area contributed by atoms with Crippen molar-refractivity contribution in [2.24, 2.45) is 9.98 Å². The molecule has 299 valence electrons. The molecule has 0 saturated heterocycles. The summed E-state index contributed by atoms with van der Waals surface area (Å²) >= 11 is 0. The minimum Gasteiger partial charge on any atom is -0.858 e. The molecule has 5 heterocycles. The maximum Gasteiger partial charge on any atom is 2.00 e. The predicted octanol–water partition coefficient (Wildman–Crippen LogP) is 0.498. The van der Waals surface area contributed by atoms with E-state index in [1.165, 1.54) is 0 Å². The van der Waals surface area contributed by atoms with Crippen LogP contribution in [0.25, 0.3) is 22.8 Å². The molecule has 54 heavy (non-hydrogen) atoms. The molecule has 4 aromatic heterocycles. The van der Waals surface area contributed by atoms with E-state index in [0.29, 0.717) is 13.1 Å². The Morgan fingerprint density at radius 3 is 0.963 bits per heavy atom. The molecule has 1 aliphatic rings. The Labute approximate surface area is 335 Å². The number of aromatic nitrogens is 4. The third-order valence-corrected chi connectivity index (χ3v) is 5.38. The number of pyridine rings is 4. The van der Waals surface area contributed by atoms with E-state index in [1.54, 1.807) is 24.8 Å². The number of aliphatic imine (C=N–C) groups is 2. The molecule has 0 amide bonds. The van der Waals surface area contributed by atoms with Gasteiger partial charge in [-0.1, -0.05) is 24.3 Å². The fraction of sp³-hybridized carbons (Fsp3) is 0.312. The number of nitrogens with one attached hydrogen (secondary N) is 2. The van der Waals surface area contributed by atoms with Gasteiger partial charge in [-0.15, -0.1) is 0 Å². The quantitative estimate of drug-likeness (QED) is 0.121. The summed E-state index contributed by atoms with van der Waals surface area (Å²) in [5.74, 6) is -1.44. The molecule has 0 saturated carbocycles. The fourth-order valence-electron chi connectivity index (χ4n) is 3.39. The van der Waals surface area contributed by atoms with E-state index in [1.807, 2.05) is 72.8 Å². The van der Waals surface area contributed by atoms with Crippen molar-refractivity contribution in [1.29, 1.82) is 0 Å². The molecular weight excluding hydrogens is 849 g/mol. The Morgan fingerprint density at radius 1 is 0.519 bits per heavy atom. The molecule has 0 atom stereocenters. The van der Waals surface area contributed by atoms with Crippen LogP contribution in [0.4, 0.5) is 0 Å². The first-order valence-corrected chi connectivity index (χ1v) is 15.2. The summed E-state index contributed by atoms with van der Waals surface area (Å²) in [4.78, 5) is 40.6. The third kappa shape index (κ3) is 34.0. The Morgan fingerprint density at radius 2 is 0.759 bits per heavy atom. The normalized spacial score (nSPS) is 11.9. The Balaban J connectivity index is -0.000000300. The standard InChI is InChI=1S/C10H20N4O2.2C10H8N2.2CH4O.Cu.2NO3.Ru/c15-9-10(16)14-6-2-4-12-8-7-11-3-1-5-13-9;2*1-3-7-11-9(5-1)10-6-2-4-8-12-10;2*1-2;;2*2-1(3)4;/h11-12H,1-8H2,(H,13,15)(H,14,16);2*1-8H;2*2H,1H3;;;;/q;;;;;+2;2*-1;+2/p-2. The molecule has 0 unspecified atom stereocenters. The Bertz CT molecular complexity index is 1300. The van der Waals surface area contributed by atoms with Crippen LogP contribution in [0.3, 0.4) is 0 Å². The van der Waals surface area contributed by atoms with Crippen LogP contribution in [0.2, 0.25) is 0 Å². The van der Waals surface area contributed by atoms with Gasteiger partial charge < -0.3 is 71.7 Å². The monoisotopic (exact) mass is 891 g/mol. The minimum absolute atomic E-state index is 0. The topological polar surface area (TPSA) is 319 Å². The van der Waals surface area contributed by atoms with Crippen molar-refractivity contribution in [3.8, 4) is 22.8 Å². The summed E-state index contributed by atoms with van der Waals surface area (Å²) in [5.41, 5.74) is 3.66. The van der Waals surface area contributed by atoms with Crippen LogP contribution in [0.15, 0.2) is 108 Å². The molecule has 1 radical (unpaired) electrons. The van der Waals surface area contributed by atoms with E-state index in [2.05, 4.69) is 40.6 Å². The van der Waals surface area contributed by atoms with Crippen molar-refractivity contribution in [3.63, 3.8) is 0 Å². The Hall–Kier alpha value is -5.08. The molecule has 1 aliphatic heterocycles. The summed E-state index contributed by atoms with van der Waals surface area (Å²) in [6, 6.07) is 23.2. The molecule has 0 fully saturated rings. The van der Waals surface area contributed by atoms with Gasteiger partial charge in [-0.25, -0.2) is 0 Å². The van der Waals surface area contributed by atoms with Crippen molar-refractivity contribution in [2.75, 3.05) is 53.5 Å². The number of aliphatic hydroxyl groups excluding tert-OH is 2. The van der Waals surface area contributed by atoms with Gasteiger partial charge in [-0.2, -0.15) is 0 Å². The molecule has 4 aromatic rings. The first-order valence-electron chi connectivity index (χ1n) is 15.2. The van der Waals surface area contributed by atoms with E-state index < -0.39 is 22.0 Å². The minimum atomic E-state index is -1.75. The van der Waals surface area contributed by atoms with Crippen LogP contribution in [0, 0.1) is 30.6 Å². The van der Waals surface area contributed by atoms with Gasteiger partial charge in [0.15, 0.2) is 0 Å². The second-order valence-electron chi connectivity index (χ2n) is 8.89. The van der Waals surface area contributed by atoms with Gasteiger partial charge >= 0.3 is 36.5 Å². The first-order chi connectivity index (χ1) is 25.2. The number of hydrogen-bond donors (Lipinski definition) is 4. The zero-order valence-electron chi connectivity index (χ0n) is 29.3. The molecule has 22 heteroatoms. The van der Waals surface area contributed by atoms with Gasteiger partial charge in [-0.3, -0.25) is 19.9 Å². The van der Waals surface area contributed by atoms with E-state index >= 15 is 0 Å². The Kier molecular flexibility index (Phi) is 42.0. The van der Waals surface area contributed by atoms with Gasteiger partial charge in [0.1, 0.15) is 0 Å². The second-order valence-corrected chi connectivity index (χ2v) is 8.89. The van der Waals surface area contributed by atoms with Gasteiger partial charge in [0.2, 0.25) is 0 Å². The fourth-order valence-corrected chi connectivity index (χ4v) is 3.39. The molecule has 0 aliphatic carbocycles. The first kappa shape index (κ1) is 55.7. The summed E-state index contributed by atoms with van der Waals surface area (Å²) in [6.45, 7) is 4.21. The van der Waals surface area contributed by atoms with Crippen molar-refractivity contribution in [3.05, 3.63) is 128 Å². The molecular formula is C32H42CuN10O10Ru. The number of hydrogen-bond acceptors (Lipinski definition) is 18. The smallest absolute Gasteiger partial charge is 0.858 e. The molecule has 20 nitrogen and oxygen atoms in total. The number of aliphatic hydroxyl groups is 2. The van der Waals surface area contributed by atoms with Crippen LogP contribution in [0.1, 0.15) is 12.8 Å². The molecule has 5 rings (SSSR count).